The van der Waals surface area contributed by atoms with Crippen LogP contribution in [0.15, 0.2) is 48.5 Å². The molecule has 0 radical (unpaired) electrons. The lowest BCUT2D eigenvalue weighted by atomic mass is 10.0. The highest BCUT2D eigenvalue weighted by molar-refractivity contribution is 7.91. The lowest BCUT2D eigenvalue weighted by molar-refractivity contribution is -0.118. The molecule has 2 N–H and O–H groups in total. The van der Waals surface area contributed by atoms with Crippen molar-refractivity contribution in [1.29, 1.82) is 0 Å². The van der Waals surface area contributed by atoms with Gasteiger partial charge in [-0.1, -0.05) is 42.5 Å². The van der Waals surface area contributed by atoms with Crippen LogP contribution in [0.1, 0.15) is 29.2 Å². The first-order valence-electron chi connectivity index (χ1n) is 8.73. The molecule has 138 valence electrons. The number of carbonyl (C=O) groups excluding carboxylic acids is 1. The molecule has 26 heavy (non-hydrogen) atoms. The fourth-order valence-corrected chi connectivity index (χ4v) is 4.89. The molecule has 0 bridgehead atoms. The fourth-order valence-electron chi connectivity index (χ4n) is 3.21. The maximum atomic E-state index is 13.0. The van der Waals surface area contributed by atoms with Crippen molar-refractivity contribution in [3.8, 4) is 0 Å². The Labute approximate surface area is 154 Å². The van der Waals surface area contributed by atoms with Gasteiger partial charge in [-0.15, -0.1) is 0 Å². The van der Waals surface area contributed by atoms with Crippen LogP contribution in [0.3, 0.4) is 0 Å². The SMILES string of the molecule is Cc1ccc(C)c(NC(=O)C(NC2CCS(=O)(=O)C2)c2ccccc2)c1. The van der Waals surface area contributed by atoms with Crippen LogP contribution in [-0.4, -0.2) is 31.9 Å². The van der Waals surface area contributed by atoms with E-state index in [9.17, 15) is 13.2 Å². The van der Waals surface area contributed by atoms with Crippen molar-refractivity contribution in [3.63, 3.8) is 0 Å². The van der Waals surface area contributed by atoms with Crippen molar-refractivity contribution in [2.24, 2.45) is 0 Å². The Hall–Kier alpha value is -2.18. The third-order valence-electron chi connectivity index (χ3n) is 4.68. The second-order valence-electron chi connectivity index (χ2n) is 6.92. The Morgan fingerprint density at radius 2 is 1.85 bits per heavy atom. The molecule has 6 heteroatoms. The van der Waals surface area contributed by atoms with Gasteiger partial charge in [0.15, 0.2) is 9.84 Å². The summed E-state index contributed by atoms with van der Waals surface area (Å²) in [7, 11) is -3.01. The van der Waals surface area contributed by atoms with Crippen LogP contribution in [-0.2, 0) is 14.6 Å². The number of sulfone groups is 1. The van der Waals surface area contributed by atoms with Crippen molar-refractivity contribution < 1.29 is 13.2 Å². The largest absolute Gasteiger partial charge is 0.324 e. The minimum Gasteiger partial charge on any atom is -0.324 e. The van der Waals surface area contributed by atoms with E-state index in [0.29, 0.717) is 6.42 Å². The van der Waals surface area contributed by atoms with E-state index >= 15 is 0 Å². The van der Waals surface area contributed by atoms with Crippen LogP contribution in [0.5, 0.6) is 0 Å². The van der Waals surface area contributed by atoms with Crippen molar-refractivity contribution in [2.75, 3.05) is 16.8 Å². The number of anilines is 1. The summed E-state index contributed by atoms with van der Waals surface area (Å²) in [5.41, 5.74) is 3.65. The summed E-state index contributed by atoms with van der Waals surface area (Å²) in [5.74, 6) is 0.0620. The van der Waals surface area contributed by atoms with E-state index in [2.05, 4.69) is 10.6 Å². The molecule has 5 nitrogen and oxygen atoms in total. The number of rotatable bonds is 5. The minimum absolute atomic E-state index is 0.0765. The lowest BCUT2D eigenvalue weighted by Crippen LogP contribution is -2.40. The number of benzene rings is 2. The zero-order valence-electron chi connectivity index (χ0n) is 15.0. The summed E-state index contributed by atoms with van der Waals surface area (Å²) in [6, 6.07) is 14.5. The molecule has 0 spiro atoms. The smallest absolute Gasteiger partial charge is 0.246 e. The van der Waals surface area contributed by atoms with Crippen molar-refractivity contribution in [2.45, 2.75) is 32.4 Å². The Morgan fingerprint density at radius 1 is 1.12 bits per heavy atom. The normalized spacial score (nSPS) is 19.8. The van der Waals surface area contributed by atoms with Gasteiger partial charge in [0.1, 0.15) is 6.04 Å². The molecule has 1 heterocycles. The lowest BCUT2D eigenvalue weighted by Gasteiger charge is -2.23. The van der Waals surface area contributed by atoms with Crippen molar-refractivity contribution in [1.82, 2.24) is 5.32 Å². The molecular formula is C20H24N2O3S. The van der Waals surface area contributed by atoms with Crippen LogP contribution in [0, 0.1) is 13.8 Å². The highest BCUT2D eigenvalue weighted by atomic mass is 32.2. The van der Waals surface area contributed by atoms with Gasteiger partial charge < -0.3 is 5.32 Å². The molecule has 2 aromatic carbocycles. The molecule has 1 fully saturated rings. The quantitative estimate of drug-likeness (QED) is 0.846. The van der Waals surface area contributed by atoms with Crippen LogP contribution >= 0.6 is 0 Å². The van der Waals surface area contributed by atoms with Crippen LogP contribution < -0.4 is 10.6 Å². The molecule has 2 aromatic rings. The molecule has 1 saturated heterocycles. The summed E-state index contributed by atoms with van der Waals surface area (Å²) >= 11 is 0. The van der Waals surface area contributed by atoms with Gasteiger partial charge in [-0.25, -0.2) is 8.42 Å². The average Bonchev–Trinajstić information content (AvgIpc) is 2.95. The second-order valence-corrected chi connectivity index (χ2v) is 9.15. The van der Waals surface area contributed by atoms with Crippen molar-refractivity contribution >= 4 is 21.4 Å². The third-order valence-corrected chi connectivity index (χ3v) is 6.45. The maximum Gasteiger partial charge on any atom is 0.246 e. The van der Waals surface area contributed by atoms with E-state index in [1.807, 2.05) is 62.4 Å². The number of nitrogens with one attached hydrogen (secondary N) is 2. The average molecular weight is 372 g/mol. The van der Waals surface area contributed by atoms with E-state index in [1.54, 1.807) is 0 Å². The predicted molar refractivity (Wildman–Crippen MR) is 104 cm³/mol. The molecule has 1 aliphatic heterocycles. The second kappa shape index (κ2) is 7.60. The molecule has 1 aliphatic rings. The highest BCUT2D eigenvalue weighted by Crippen LogP contribution is 2.22. The van der Waals surface area contributed by atoms with E-state index in [1.165, 1.54) is 0 Å². The van der Waals surface area contributed by atoms with E-state index < -0.39 is 15.9 Å². The van der Waals surface area contributed by atoms with Gasteiger partial charge in [-0.05, 0) is 43.0 Å². The summed E-state index contributed by atoms with van der Waals surface area (Å²) in [6.07, 6.45) is 0.530. The molecule has 0 aliphatic carbocycles. The Balaban J connectivity index is 1.83. The summed E-state index contributed by atoms with van der Waals surface area (Å²) in [4.78, 5) is 13.0. The first-order valence-corrected chi connectivity index (χ1v) is 10.6. The van der Waals surface area contributed by atoms with Crippen LogP contribution in [0.25, 0.3) is 0 Å². The molecule has 3 rings (SSSR count). The number of carbonyl (C=O) groups is 1. The molecule has 0 aromatic heterocycles. The van der Waals surface area contributed by atoms with Gasteiger partial charge in [-0.2, -0.15) is 0 Å². The number of hydrogen-bond donors (Lipinski definition) is 2. The molecule has 0 saturated carbocycles. The van der Waals surface area contributed by atoms with E-state index in [-0.39, 0.29) is 23.5 Å². The summed E-state index contributed by atoms with van der Waals surface area (Å²) < 4.78 is 23.5. The monoisotopic (exact) mass is 372 g/mol. The van der Waals surface area contributed by atoms with Crippen LogP contribution in [0.2, 0.25) is 0 Å². The number of aryl methyl sites for hydroxylation is 2. The maximum absolute atomic E-state index is 13.0. The number of hydrogen-bond acceptors (Lipinski definition) is 4. The summed E-state index contributed by atoms with van der Waals surface area (Å²) in [5, 5.41) is 6.24. The first kappa shape index (κ1) is 18.6. The first-order chi connectivity index (χ1) is 12.3. The van der Waals surface area contributed by atoms with Gasteiger partial charge >= 0.3 is 0 Å². The van der Waals surface area contributed by atoms with E-state index in [4.69, 9.17) is 0 Å². The zero-order chi connectivity index (χ0) is 18.7. The summed E-state index contributed by atoms with van der Waals surface area (Å²) in [6.45, 7) is 3.93. The van der Waals surface area contributed by atoms with Gasteiger partial charge in [-0.3, -0.25) is 10.1 Å². The molecule has 2 atom stereocenters. The Bertz CT molecular complexity index is 895. The molecular weight excluding hydrogens is 348 g/mol. The van der Waals surface area contributed by atoms with Crippen LogP contribution in [0.4, 0.5) is 5.69 Å². The van der Waals surface area contributed by atoms with Gasteiger partial charge in [0.25, 0.3) is 0 Å². The zero-order valence-corrected chi connectivity index (χ0v) is 15.8. The van der Waals surface area contributed by atoms with E-state index in [0.717, 1.165) is 22.4 Å². The third kappa shape index (κ3) is 4.51. The topological polar surface area (TPSA) is 75.3 Å². The minimum atomic E-state index is -3.01. The van der Waals surface area contributed by atoms with Gasteiger partial charge in [0, 0.05) is 11.7 Å². The Kier molecular flexibility index (Phi) is 5.44. The Morgan fingerprint density at radius 3 is 2.50 bits per heavy atom. The van der Waals surface area contributed by atoms with Gasteiger partial charge in [0.05, 0.1) is 11.5 Å². The highest BCUT2D eigenvalue weighted by Gasteiger charge is 2.32. The predicted octanol–water partition coefficient (Wildman–Crippen LogP) is 2.76. The molecule has 1 amide bonds. The standard InChI is InChI=1S/C20H24N2O3S/c1-14-8-9-15(2)18(12-14)22-20(23)19(16-6-4-3-5-7-16)21-17-10-11-26(24,25)13-17/h3-9,12,17,19,21H,10-11,13H2,1-2H3,(H,22,23). The van der Waals surface area contributed by atoms with Gasteiger partial charge in [0.2, 0.25) is 5.91 Å². The molecule has 2 unspecified atom stereocenters. The fraction of sp³-hybridized carbons (Fsp3) is 0.350. The van der Waals surface area contributed by atoms with Crippen molar-refractivity contribution in [3.05, 3.63) is 65.2 Å². The number of amides is 1.